The first kappa shape index (κ1) is 16.5. The molecule has 0 aliphatic rings. The standard InChI is InChI=1S/C18H17N3O4/c1-23-14-10-6-9-13(16(14)24-2)17(22)19-18-21-20-15(25-18)11-12-7-4-3-5-8-12/h3-10H,11H2,1-2H3,(H,19,21,22). The van der Waals surface area contributed by atoms with Gasteiger partial charge in [-0.05, 0) is 17.7 Å². The maximum absolute atomic E-state index is 12.5. The molecule has 0 saturated carbocycles. The Morgan fingerprint density at radius 3 is 2.56 bits per heavy atom. The number of para-hydroxylation sites is 1. The third-order valence-corrected chi connectivity index (χ3v) is 3.53. The number of hydrogen-bond donors (Lipinski definition) is 1. The molecule has 0 saturated heterocycles. The minimum Gasteiger partial charge on any atom is -0.493 e. The van der Waals surface area contributed by atoms with Gasteiger partial charge >= 0.3 is 6.01 Å². The molecular formula is C18H17N3O4. The molecule has 3 rings (SSSR count). The molecule has 25 heavy (non-hydrogen) atoms. The molecule has 1 aromatic heterocycles. The summed E-state index contributed by atoms with van der Waals surface area (Å²) in [6, 6.07) is 14.8. The molecule has 7 nitrogen and oxygen atoms in total. The molecular weight excluding hydrogens is 322 g/mol. The number of carbonyl (C=O) groups is 1. The van der Waals surface area contributed by atoms with Crippen LogP contribution in [-0.2, 0) is 6.42 Å². The molecule has 0 spiro atoms. The smallest absolute Gasteiger partial charge is 0.322 e. The Morgan fingerprint density at radius 2 is 1.84 bits per heavy atom. The first-order valence-corrected chi connectivity index (χ1v) is 7.60. The predicted octanol–water partition coefficient (Wildman–Crippen LogP) is 2.93. The lowest BCUT2D eigenvalue weighted by atomic mass is 10.1. The first-order valence-electron chi connectivity index (χ1n) is 7.60. The highest BCUT2D eigenvalue weighted by Gasteiger charge is 2.18. The number of rotatable bonds is 6. The summed E-state index contributed by atoms with van der Waals surface area (Å²) in [5.41, 5.74) is 1.35. The molecule has 1 amide bonds. The third-order valence-electron chi connectivity index (χ3n) is 3.53. The summed E-state index contributed by atoms with van der Waals surface area (Å²) >= 11 is 0. The van der Waals surface area contributed by atoms with E-state index in [0.717, 1.165) is 5.56 Å². The van der Waals surface area contributed by atoms with Crippen LogP contribution >= 0.6 is 0 Å². The number of benzene rings is 2. The van der Waals surface area contributed by atoms with Gasteiger partial charge in [0.15, 0.2) is 11.5 Å². The number of ether oxygens (including phenoxy) is 2. The van der Waals surface area contributed by atoms with E-state index in [2.05, 4.69) is 15.5 Å². The van der Waals surface area contributed by atoms with Crippen molar-refractivity contribution in [2.75, 3.05) is 19.5 Å². The summed E-state index contributed by atoms with van der Waals surface area (Å²) in [6.07, 6.45) is 0.492. The van der Waals surface area contributed by atoms with Crippen LogP contribution in [0.25, 0.3) is 0 Å². The quantitative estimate of drug-likeness (QED) is 0.743. The normalized spacial score (nSPS) is 10.3. The van der Waals surface area contributed by atoms with Gasteiger partial charge in [0, 0.05) is 0 Å². The number of nitrogens with one attached hydrogen (secondary N) is 1. The highest BCUT2D eigenvalue weighted by Crippen LogP contribution is 2.31. The van der Waals surface area contributed by atoms with Gasteiger partial charge in [-0.1, -0.05) is 41.5 Å². The third kappa shape index (κ3) is 3.77. The lowest BCUT2D eigenvalue weighted by Gasteiger charge is -2.11. The molecule has 1 N–H and O–H groups in total. The van der Waals surface area contributed by atoms with Crippen LogP contribution < -0.4 is 14.8 Å². The van der Waals surface area contributed by atoms with E-state index >= 15 is 0 Å². The number of methoxy groups -OCH3 is 2. The van der Waals surface area contributed by atoms with Crippen LogP contribution in [0.15, 0.2) is 52.9 Å². The van der Waals surface area contributed by atoms with Gasteiger partial charge in [0.1, 0.15) is 0 Å². The van der Waals surface area contributed by atoms with Crippen LogP contribution in [0.2, 0.25) is 0 Å². The summed E-state index contributed by atoms with van der Waals surface area (Å²) in [5.74, 6) is 0.793. The highest BCUT2D eigenvalue weighted by molar-refractivity contribution is 6.05. The van der Waals surface area contributed by atoms with Gasteiger partial charge < -0.3 is 13.9 Å². The first-order chi connectivity index (χ1) is 12.2. The topological polar surface area (TPSA) is 86.5 Å². The van der Waals surface area contributed by atoms with Gasteiger partial charge in [-0.2, -0.15) is 0 Å². The number of nitrogens with zero attached hydrogens (tertiary/aromatic N) is 2. The fraction of sp³-hybridized carbons (Fsp3) is 0.167. The second-order valence-corrected chi connectivity index (χ2v) is 5.16. The van der Waals surface area contributed by atoms with Gasteiger partial charge in [0.05, 0.1) is 26.2 Å². The number of hydrogen-bond acceptors (Lipinski definition) is 6. The van der Waals surface area contributed by atoms with Crippen molar-refractivity contribution in [2.45, 2.75) is 6.42 Å². The van der Waals surface area contributed by atoms with Crippen molar-refractivity contribution in [1.82, 2.24) is 10.2 Å². The fourth-order valence-electron chi connectivity index (χ4n) is 2.38. The Morgan fingerprint density at radius 1 is 1.04 bits per heavy atom. The summed E-state index contributed by atoms with van der Waals surface area (Å²) in [5, 5.41) is 10.4. The van der Waals surface area contributed by atoms with Crippen LogP contribution in [0.3, 0.4) is 0 Å². The second kappa shape index (κ2) is 7.48. The second-order valence-electron chi connectivity index (χ2n) is 5.16. The molecule has 3 aromatic rings. The Kier molecular flexibility index (Phi) is 4.94. The van der Waals surface area contributed by atoms with Gasteiger partial charge in [0.2, 0.25) is 5.89 Å². The minimum absolute atomic E-state index is 0.0285. The van der Waals surface area contributed by atoms with E-state index in [9.17, 15) is 4.79 Å². The van der Waals surface area contributed by atoms with Crippen molar-refractivity contribution in [1.29, 1.82) is 0 Å². The molecule has 2 aromatic carbocycles. The van der Waals surface area contributed by atoms with E-state index in [-0.39, 0.29) is 6.01 Å². The van der Waals surface area contributed by atoms with Gasteiger partial charge in [-0.3, -0.25) is 10.1 Å². The molecule has 128 valence electrons. The molecule has 0 aliphatic carbocycles. The van der Waals surface area contributed by atoms with E-state index in [0.29, 0.717) is 29.4 Å². The molecule has 0 aliphatic heterocycles. The number of anilines is 1. The lowest BCUT2D eigenvalue weighted by Crippen LogP contribution is -2.13. The van der Waals surface area contributed by atoms with Crippen molar-refractivity contribution in [2.24, 2.45) is 0 Å². The molecule has 0 radical (unpaired) electrons. The molecule has 0 atom stereocenters. The molecule has 0 unspecified atom stereocenters. The van der Waals surface area contributed by atoms with Crippen LogP contribution in [0.1, 0.15) is 21.8 Å². The van der Waals surface area contributed by atoms with E-state index in [1.54, 1.807) is 18.2 Å². The van der Waals surface area contributed by atoms with Crippen LogP contribution in [-0.4, -0.2) is 30.3 Å². The molecule has 1 heterocycles. The predicted molar refractivity (Wildman–Crippen MR) is 91.0 cm³/mol. The SMILES string of the molecule is COc1cccc(C(=O)Nc2nnc(Cc3ccccc3)o2)c1OC. The molecule has 0 fully saturated rings. The Bertz CT molecular complexity index is 862. The molecule has 7 heteroatoms. The van der Waals surface area contributed by atoms with Gasteiger partial charge in [-0.15, -0.1) is 5.10 Å². The number of aromatic nitrogens is 2. The zero-order valence-electron chi connectivity index (χ0n) is 13.9. The highest BCUT2D eigenvalue weighted by atomic mass is 16.5. The van der Waals surface area contributed by atoms with Crippen molar-refractivity contribution >= 4 is 11.9 Å². The summed E-state index contributed by atoms with van der Waals surface area (Å²) in [6.45, 7) is 0. The maximum atomic E-state index is 12.5. The van der Waals surface area contributed by atoms with Crippen molar-refractivity contribution in [3.05, 3.63) is 65.5 Å². The van der Waals surface area contributed by atoms with Crippen molar-refractivity contribution < 1.29 is 18.7 Å². The number of carbonyl (C=O) groups excluding carboxylic acids is 1. The Hall–Kier alpha value is -3.35. The summed E-state index contributed by atoms with van der Waals surface area (Å²) in [4.78, 5) is 12.5. The van der Waals surface area contributed by atoms with Gasteiger partial charge in [-0.25, -0.2) is 0 Å². The minimum atomic E-state index is -0.425. The maximum Gasteiger partial charge on any atom is 0.322 e. The van der Waals surface area contributed by atoms with Crippen LogP contribution in [0.4, 0.5) is 6.01 Å². The average Bonchev–Trinajstić information content (AvgIpc) is 3.08. The van der Waals surface area contributed by atoms with Crippen LogP contribution in [0.5, 0.6) is 11.5 Å². The van der Waals surface area contributed by atoms with E-state index in [1.807, 2.05) is 30.3 Å². The molecule has 0 bridgehead atoms. The summed E-state index contributed by atoms with van der Waals surface area (Å²) in [7, 11) is 2.98. The lowest BCUT2D eigenvalue weighted by molar-refractivity contribution is 0.102. The fourth-order valence-corrected chi connectivity index (χ4v) is 2.38. The average molecular weight is 339 g/mol. The zero-order chi connectivity index (χ0) is 17.6. The van der Waals surface area contributed by atoms with E-state index in [1.165, 1.54) is 14.2 Å². The Labute approximate surface area is 144 Å². The van der Waals surface area contributed by atoms with E-state index in [4.69, 9.17) is 13.9 Å². The van der Waals surface area contributed by atoms with Crippen molar-refractivity contribution in [3.8, 4) is 11.5 Å². The van der Waals surface area contributed by atoms with E-state index < -0.39 is 5.91 Å². The van der Waals surface area contributed by atoms with Crippen LogP contribution in [0, 0.1) is 0 Å². The van der Waals surface area contributed by atoms with Crippen molar-refractivity contribution in [3.63, 3.8) is 0 Å². The van der Waals surface area contributed by atoms with Gasteiger partial charge in [0.25, 0.3) is 5.91 Å². The largest absolute Gasteiger partial charge is 0.493 e. The summed E-state index contributed by atoms with van der Waals surface area (Å²) < 4.78 is 15.9. The Balaban J connectivity index is 1.74. The monoisotopic (exact) mass is 339 g/mol. The number of amides is 1. The zero-order valence-corrected chi connectivity index (χ0v) is 13.9.